The molecule has 0 radical (unpaired) electrons. The molecule has 7 heteroatoms. The van der Waals surface area contributed by atoms with Gasteiger partial charge in [-0.1, -0.05) is 52.3 Å². The van der Waals surface area contributed by atoms with Crippen molar-refractivity contribution in [2.24, 2.45) is 0 Å². The topological polar surface area (TPSA) is 76.1 Å². The van der Waals surface area contributed by atoms with Gasteiger partial charge in [0, 0.05) is 15.6 Å². The van der Waals surface area contributed by atoms with Gasteiger partial charge in [-0.25, -0.2) is 0 Å². The molecule has 0 fully saturated rings. The van der Waals surface area contributed by atoms with Crippen molar-refractivity contribution in [2.45, 2.75) is 18.6 Å². The molecule has 1 heterocycles. The van der Waals surface area contributed by atoms with Gasteiger partial charge >= 0.3 is 0 Å². The minimum atomic E-state index is -1.93. The van der Waals surface area contributed by atoms with Crippen molar-refractivity contribution >= 4 is 33.3 Å². The van der Waals surface area contributed by atoms with E-state index in [1.54, 1.807) is 74.9 Å². The van der Waals surface area contributed by atoms with Gasteiger partial charge in [0.25, 0.3) is 5.91 Å². The van der Waals surface area contributed by atoms with Gasteiger partial charge in [0.1, 0.15) is 0 Å². The molecule has 0 bridgehead atoms. The molecule has 0 unspecified atom stereocenters. The number of hydrogen-bond donors (Lipinski definition) is 1. The van der Waals surface area contributed by atoms with Crippen LogP contribution in [0.2, 0.25) is 0 Å². The molecule has 1 atom stereocenters. The second kappa shape index (κ2) is 8.76. The van der Waals surface area contributed by atoms with Crippen LogP contribution in [0.4, 0.5) is 5.69 Å². The summed E-state index contributed by atoms with van der Waals surface area (Å²) in [6.07, 6.45) is -0.340. The van der Waals surface area contributed by atoms with E-state index in [1.165, 1.54) is 4.90 Å². The number of anilines is 1. The fraction of sp³-hybridized carbons (Fsp3) is 0.200. The summed E-state index contributed by atoms with van der Waals surface area (Å²) in [6, 6.07) is 19.3. The van der Waals surface area contributed by atoms with Crippen molar-refractivity contribution in [3.8, 4) is 11.5 Å². The number of nitrogens with zero attached hydrogens (tertiary/aromatic N) is 1. The average molecular weight is 496 g/mol. The maximum absolute atomic E-state index is 13.4. The van der Waals surface area contributed by atoms with E-state index in [0.717, 1.165) is 10.0 Å². The van der Waals surface area contributed by atoms with Crippen LogP contribution >= 0.6 is 15.9 Å². The van der Waals surface area contributed by atoms with Gasteiger partial charge in [0.15, 0.2) is 22.9 Å². The summed E-state index contributed by atoms with van der Waals surface area (Å²) in [5.41, 5.74) is 0.311. The number of benzene rings is 3. The molecule has 1 amide bonds. The lowest BCUT2D eigenvalue weighted by Crippen LogP contribution is -2.41. The van der Waals surface area contributed by atoms with Crippen LogP contribution in [0.5, 0.6) is 11.5 Å². The summed E-state index contributed by atoms with van der Waals surface area (Å²) >= 11 is 3.34. The van der Waals surface area contributed by atoms with E-state index in [1.807, 2.05) is 6.07 Å². The highest BCUT2D eigenvalue weighted by atomic mass is 79.9. The summed E-state index contributed by atoms with van der Waals surface area (Å²) < 4.78 is 11.5. The van der Waals surface area contributed by atoms with Crippen LogP contribution in [0.3, 0.4) is 0 Å². The molecule has 0 spiro atoms. The number of Topliss-reactive ketones (excluding diaryl/α,β-unsaturated/α-hetero) is 1. The Morgan fingerprint density at radius 2 is 1.69 bits per heavy atom. The molecule has 1 aliphatic rings. The van der Waals surface area contributed by atoms with E-state index in [4.69, 9.17) is 9.47 Å². The van der Waals surface area contributed by atoms with Crippen molar-refractivity contribution in [3.05, 3.63) is 87.9 Å². The van der Waals surface area contributed by atoms with Gasteiger partial charge < -0.3 is 19.5 Å². The minimum Gasteiger partial charge on any atom is -0.493 e. The SMILES string of the molecule is COc1ccc(CN2C(=O)[C@@](O)(CC(=O)c3ccc(Br)cc3)c3ccccc32)cc1OC. The summed E-state index contributed by atoms with van der Waals surface area (Å²) in [6.45, 7) is 0.213. The Kier molecular flexibility index (Phi) is 6.04. The highest BCUT2D eigenvalue weighted by Crippen LogP contribution is 2.44. The first kappa shape index (κ1) is 22.0. The number of para-hydroxylation sites is 1. The number of halogens is 1. The molecular weight excluding hydrogens is 474 g/mol. The smallest absolute Gasteiger partial charge is 0.264 e. The molecule has 3 aromatic rings. The van der Waals surface area contributed by atoms with Crippen LogP contribution in [0.15, 0.2) is 71.2 Å². The monoisotopic (exact) mass is 495 g/mol. The average Bonchev–Trinajstić information content (AvgIpc) is 3.01. The molecule has 4 rings (SSSR count). The van der Waals surface area contributed by atoms with E-state index >= 15 is 0 Å². The summed E-state index contributed by atoms with van der Waals surface area (Å²) in [4.78, 5) is 27.9. The number of ketones is 1. The van der Waals surface area contributed by atoms with Crippen molar-refractivity contribution in [1.82, 2.24) is 0 Å². The standard InChI is InChI=1S/C25H22BrNO5/c1-31-22-12-7-16(13-23(22)32-2)15-27-20-6-4-3-5-19(20)25(30,24(27)29)14-21(28)17-8-10-18(26)11-9-17/h3-13,30H,14-15H2,1-2H3/t25-/m1/s1. The van der Waals surface area contributed by atoms with Crippen LogP contribution < -0.4 is 14.4 Å². The van der Waals surface area contributed by atoms with Gasteiger partial charge in [-0.05, 0) is 35.9 Å². The Morgan fingerprint density at radius 1 is 1.00 bits per heavy atom. The third-order valence-electron chi connectivity index (χ3n) is 5.61. The first-order valence-electron chi connectivity index (χ1n) is 10.0. The fourth-order valence-corrected chi connectivity index (χ4v) is 4.23. The van der Waals surface area contributed by atoms with Crippen LogP contribution in [-0.4, -0.2) is 31.0 Å². The van der Waals surface area contributed by atoms with Gasteiger partial charge in [0.2, 0.25) is 0 Å². The third-order valence-corrected chi connectivity index (χ3v) is 6.14. The predicted octanol–water partition coefficient (Wildman–Crippen LogP) is 4.47. The number of methoxy groups -OCH3 is 2. The Balaban J connectivity index is 1.66. The van der Waals surface area contributed by atoms with Gasteiger partial charge in [-0.2, -0.15) is 0 Å². The number of rotatable bonds is 7. The normalized spacial score (nSPS) is 17.2. The second-order valence-electron chi connectivity index (χ2n) is 7.56. The Labute approximate surface area is 194 Å². The number of hydrogen-bond acceptors (Lipinski definition) is 5. The fourth-order valence-electron chi connectivity index (χ4n) is 3.97. The maximum Gasteiger partial charge on any atom is 0.264 e. The van der Waals surface area contributed by atoms with Crippen molar-refractivity contribution in [3.63, 3.8) is 0 Å². The number of fused-ring (bicyclic) bond motifs is 1. The molecule has 0 saturated carbocycles. The Bertz CT molecular complexity index is 1180. The third kappa shape index (κ3) is 3.89. The summed E-state index contributed by atoms with van der Waals surface area (Å²) in [7, 11) is 3.10. The van der Waals surface area contributed by atoms with Gasteiger partial charge in [0.05, 0.1) is 32.9 Å². The van der Waals surface area contributed by atoms with E-state index < -0.39 is 11.5 Å². The molecule has 164 valence electrons. The zero-order valence-corrected chi connectivity index (χ0v) is 19.3. The Hall–Kier alpha value is -3.16. The minimum absolute atomic E-state index is 0.213. The molecule has 1 N–H and O–H groups in total. The highest BCUT2D eigenvalue weighted by Gasteiger charge is 2.50. The zero-order chi connectivity index (χ0) is 22.9. The van der Waals surface area contributed by atoms with Crippen molar-refractivity contribution in [1.29, 1.82) is 0 Å². The van der Waals surface area contributed by atoms with Gasteiger partial charge in [-0.15, -0.1) is 0 Å². The number of amides is 1. The lowest BCUT2D eigenvalue weighted by molar-refractivity contribution is -0.136. The quantitative estimate of drug-likeness (QED) is 0.489. The number of carbonyl (C=O) groups is 2. The first-order chi connectivity index (χ1) is 15.4. The lowest BCUT2D eigenvalue weighted by Gasteiger charge is -2.23. The summed E-state index contributed by atoms with van der Waals surface area (Å²) in [5.74, 6) is 0.293. The molecular formula is C25H22BrNO5. The number of ether oxygens (including phenoxy) is 2. The number of carbonyl (C=O) groups excluding carboxylic acids is 2. The molecule has 32 heavy (non-hydrogen) atoms. The summed E-state index contributed by atoms with van der Waals surface area (Å²) in [5, 5.41) is 11.5. The second-order valence-corrected chi connectivity index (χ2v) is 8.48. The van der Waals surface area contributed by atoms with Gasteiger partial charge in [-0.3, -0.25) is 9.59 Å². The molecule has 1 aliphatic heterocycles. The van der Waals surface area contributed by atoms with E-state index in [2.05, 4.69) is 15.9 Å². The first-order valence-corrected chi connectivity index (χ1v) is 10.8. The number of aliphatic hydroxyl groups is 1. The van der Waals surface area contributed by atoms with Crippen molar-refractivity contribution < 1.29 is 24.2 Å². The lowest BCUT2D eigenvalue weighted by atomic mass is 9.88. The largest absolute Gasteiger partial charge is 0.493 e. The molecule has 3 aromatic carbocycles. The Morgan fingerprint density at radius 3 is 2.38 bits per heavy atom. The highest BCUT2D eigenvalue weighted by molar-refractivity contribution is 9.10. The van der Waals surface area contributed by atoms with Crippen LogP contribution in [0.1, 0.15) is 27.9 Å². The molecule has 0 aliphatic carbocycles. The van der Waals surface area contributed by atoms with E-state index in [0.29, 0.717) is 28.3 Å². The predicted molar refractivity (Wildman–Crippen MR) is 124 cm³/mol. The molecule has 0 aromatic heterocycles. The van der Waals surface area contributed by atoms with Crippen LogP contribution in [-0.2, 0) is 16.9 Å². The van der Waals surface area contributed by atoms with E-state index in [-0.39, 0.29) is 18.7 Å². The zero-order valence-electron chi connectivity index (χ0n) is 17.7. The van der Waals surface area contributed by atoms with Crippen molar-refractivity contribution in [2.75, 3.05) is 19.1 Å². The molecule has 0 saturated heterocycles. The van der Waals surface area contributed by atoms with Crippen LogP contribution in [0, 0.1) is 0 Å². The van der Waals surface area contributed by atoms with Crippen LogP contribution in [0.25, 0.3) is 0 Å². The maximum atomic E-state index is 13.4. The molecule has 6 nitrogen and oxygen atoms in total. The van der Waals surface area contributed by atoms with E-state index in [9.17, 15) is 14.7 Å².